The van der Waals surface area contributed by atoms with Crippen molar-refractivity contribution in [2.24, 2.45) is 5.73 Å². The lowest BCUT2D eigenvalue weighted by molar-refractivity contribution is 0.892. The van der Waals surface area contributed by atoms with Crippen molar-refractivity contribution in [3.05, 3.63) is 51.0 Å². The average molecular weight is 315 g/mol. The lowest BCUT2D eigenvalue weighted by atomic mass is 10.1. The minimum absolute atomic E-state index is 0.384. The van der Waals surface area contributed by atoms with E-state index in [1.165, 1.54) is 5.56 Å². The summed E-state index contributed by atoms with van der Waals surface area (Å²) in [5.41, 5.74) is 7.71. The van der Waals surface area contributed by atoms with E-state index in [4.69, 9.17) is 17.3 Å². The minimum atomic E-state index is 0.384. The van der Waals surface area contributed by atoms with E-state index in [9.17, 15) is 0 Å². The summed E-state index contributed by atoms with van der Waals surface area (Å²) >= 11 is 9.55. The Bertz CT molecular complexity index is 510. The van der Waals surface area contributed by atoms with E-state index in [1.807, 2.05) is 18.2 Å². The highest BCUT2D eigenvalue weighted by Crippen LogP contribution is 2.20. The van der Waals surface area contributed by atoms with Crippen LogP contribution in [0.2, 0.25) is 5.15 Å². The molecule has 0 aliphatic rings. The van der Waals surface area contributed by atoms with Crippen LogP contribution in [0.25, 0.3) is 0 Å². The second kappa shape index (κ2) is 5.67. The number of aryl methyl sites for hydroxylation is 2. The van der Waals surface area contributed by atoms with Crippen LogP contribution in [0.1, 0.15) is 17.1 Å². The summed E-state index contributed by atoms with van der Waals surface area (Å²) in [5, 5.41) is 0.525. The standard InChI is InChI=1S/C12H13BrClN3/c13-9-4-2-1-3-8(9)5-6-10-12(14)17-11(7-15)16-10/h1-4H,5-7,15H2,(H,16,17). The van der Waals surface area contributed by atoms with Gasteiger partial charge in [-0.2, -0.15) is 0 Å². The van der Waals surface area contributed by atoms with Gasteiger partial charge in [0.15, 0.2) is 0 Å². The van der Waals surface area contributed by atoms with Crippen LogP contribution in [0.5, 0.6) is 0 Å². The van der Waals surface area contributed by atoms with Crippen molar-refractivity contribution in [1.82, 2.24) is 9.97 Å². The van der Waals surface area contributed by atoms with E-state index >= 15 is 0 Å². The summed E-state index contributed by atoms with van der Waals surface area (Å²) in [4.78, 5) is 7.27. The molecule has 0 radical (unpaired) electrons. The molecule has 0 amide bonds. The van der Waals surface area contributed by atoms with Gasteiger partial charge in [0.25, 0.3) is 0 Å². The number of rotatable bonds is 4. The normalized spacial score (nSPS) is 10.8. The predicted octanol–water partition coefficient (Wildman–Crippen LogP) is 3.07. The van der Waals surface area contributed by atoms with Gasteiger partial charge in [0, 0.05) is 4.47 Å². The Morgan fingerprint density at radius 3 is 2.71 bits per heavy atom. The van der Waals surface area contributed by atoms with Crippen LogP contribution in [-0.2, 0) is 19.4 Å². The van der Waals surface area contributed by atoms with Crippen molar-refractivity contribution in [2.75, 3.05) is 0 Å². The Labute approximate surface area is 114 Å². The molecule has 1 aromatic heterocycles. The quantitative estimate of drug-likeness (QED) is 0.911. The molecule has 3 nitrogen and oxygen atoms in total. The van der Waals surface area contributed by atoms with E-state index in [1.54, 1.807) is 0 Å². The summed E-state index contributed by atoms with van der Waals surface area (Å²) in [6.45, 7) is 0.384. The molecule has 90 valence electrons. The van der Waals surface area contributed by atoms with Gasteiger partial charge in [-0.3, -0.25) is 0 Å². The lowest BCUT2D eigenvalue weighted by Crippen LogP contribution is -1.99. The first kappa shape index (κ1) is 12.6. The largest absolute Gasteiger partial charge is 0.343 e. The predicted molar refractivity (Wildman–Crippen MR) is 73.0 cm³/mol. The molecule has 0 atom stereocenters. The van der Waals surface area contributed by atoms with Gasteiger partial charge >= 0.3 is 0 Å². The minimum Gasteiger partial charge on any atom is -0.343 e. The van der Waals surface area contributed by atoms with E-state index in [2.05, 4.69) is 32.0 Å². The maximum atomic E-state index is 6.02. The number of aromatic nitrogens is 2. The molecule has 0 fully saturated rings. The molecule has 0 saturated carbocycles. The number of hydrogen-bond acceptors (Lipinski definition) is 2. The number of imidazole rings is 1. The number of aromatic amines is 1. The Kier molecular flexibility index (Phi) is 4.20. The fourth-order valence-corrected chi connectivity index (χ4v) is 2.39. The molecule has 0 saturated heterocycles. The first-order valence-electron chi connectivity index (χ1n) is 5.37. The van der Waals surface area contributed by atoms with Crippen molar-refractivity contribution >= 4 is 27.5 Å². The first-order valence-corrected chi connectivity index (χ1v) is 6.54. The summed E-state index contributed by atoms with van der Waals surface area (Å²) in [6.07, 6.45) is 1.74. The zero-order valence-electron chi connectivity index (χ0n) is 9.21. The zero-order valence-corrected chi connectivity index (χ0v) is 11.6. The molecule has 0 aliphatic carbocycles. The first-order chi connectivity index (χ1) is 8.20. The van der Waals surface area contributed by atoms with Crippen LogP contribution < -0.4 is 5.73 Å². The van der Waals surface area contributed by atoms with Gasteiger partial charge in [-0.1, -0.05) is 45.7 Å². The van der Waals surface area contributed by atoms with Crippen LogP contribution in [0, 0.1) is 0 Å². The van der Waals surface area contributed by atoms with E-state index in [0.29, 0.717) is 11.7 Å². The molecule has 1 aromatic carbocycles. The van der Waals surface area contributed by atoms with Crippen LogP contribution >= 0.6 is 27.5 Å². The lowest BCUT2D eigenvalue weighted by Gasteiger charge is -2.03. The molecule has 3 N–H and O–H groups in total. The van der Waals surface area contributed by atoms with Crippen LogP contribution in [0.3, 0.4) is 0 Å². The molecule has 17 heavy (non-hydrogen) atoms. The van der Waals surface area contributed by atoms with Crippen LogP contribution in [0.4, 0.5) is 0 Å². The molecule has 0 aliphatic heterocycles. The molecule has 0 spiro atoms. The second-order valence-corrected chi connectivity index (χ2v) is 4.96. The van der Waals surface area contributed by atoms with Crippen molar-refractivity contribution in [3.8, 4) is 0 Å². The summed E-state index contributed by atoms with van der Waals surface area (Å²) < 4.78 is 1.12. The van der Waals surface area contributed by atoms with E-state index in [0.717, 1.165) is 28.8 Å². The van der Waals surface area contributed by atoms with Gasteiger partial charge < -0.3 is 10.7 Å². The average Bonchev–Trinajstić information content (AvgIpc) is 2.69. The Morgan fingerprint density at radius 2 is 2.06 bits per heavy atom. The Hall–Kier alpha value is -0.840. The molecular formula is C12H13BrClN3. The van der Waals surface area contributed by atoms with Gasteiger partial charge in [-0.25, -0.2) is 4.98 Å². The zero-order chi connectivity index (χ0) is 12.3. The molecular weight excluding hydrogens is 302 g/mol. The number of nitrogens with zero attached hydrogens (tertiary/aromatic N) is 1. The molecule has 2 rings (SSSR count). The second-order valence-electron chi connectivity index (χ2n) is 3.75. The number of nitrogens with one attached hydrogen (secondary N) is 1. The Morgan fingerprint density at radius 1 is 1.29 bits per heavy atom. The molecule has 1 heterocycles. The number of H-pyrrole nitrogens is 1. The van der Waals surface area contributed by atoms with E-state index < -0.39 is 0 Å². The third-order valence-corrected chi connectivity index (χ3v) is 3.66. The van der Waals surface area contributed by atoms with E-state index in [-0.39, 0.29) is 0 Å². The number of benzene rings is 1. The third kappa shape index (κ3) is 3.09. The van der Waals surface area contributed by atoms with Crippen LogP contribution in [-0.4, -0.2) is 9.97 Å². The van der Waals surface area contributed by atoms with Crippen molar-refractivity contribution in [3.63, 3.8) is 0 Å². The number of nitrogens with two attached hydrogens (primary N) is 1. The summed E-state index contributed by atoms with van der Waals surface area (Å²) in [7, 11) is 0. The van der Waals surface area contributed by atoms with Gasteiger partial charge in [0.2, 0.25) is 0 Å². The molecule has 0 unspecified atom stereocenters. The highest BCUT2D eigenvalue weighted by Gasteiger charge is 2.08. The maximum absolute atomic E-state index is 6.02. The van der Waals surface area contributed by atoms with Gasteiger partial charge in [0.1, 0.15) is 11.0 Å². The van der Waals surface area contributed by atoms with Crippen LogP contribution in [0.15, 0.2) is 28.7 Å². The number of hydrogen-bond donors (Lipinski definition) is 2. The summed E-state index contributed by atoms with van der Waals surface area (Å²) in [6, 6.07) is 8.16. The van der Waals surface area contributed by atoms with Crippen molar-refractivity contribution in [2.45, 2.75) is 19.4 Å². The van der Waals surface area contributed by atoms with Crippen molar-refractivity contribution in [1.29, 1.82) is 0 Å². The van der Waals surface area contributed by atoms with Gasteiger partial charge in [-0.05, 0) is 24.5 Å². The Balaban J connectivity index is 2.07. The monoisotopic (exact) mass is 313 g/mol. The molecule has 0 bridgehead atoms. The topological polar surface area (TPSA) is 54.7 Å². The van der Waals surface area contributed by atoms with Crippen molar-refractivity contribution < 1.29 is 0 Å². The fourth-order valence-electron chi connectivity index (χ4n) is 1.66. The molecule has 5 heteroatoms. The fraction of sp³-hybridized carbons (Fsp3) is 0.250. The highest BCUT2D eigenvalue weighted by molar-refractivity contribution is 9.10. The third-order valence-electron chi connectivity index (χ3n) is 2.57. The SMILES string of the molecule is NCc1nc(Cl)c(CCc2ccccc2Br)[nH]1. The maximum Gasteiger partial charge on any atom is 0.150 e. The smallest absolute Gasteiger partial charge is 0.150 e. The summed E-state index contributed by atoms with van der Waals surface area (Å²) in [5.74, 6) is 0.733. The molecule has 2 aromatic rings. The highest BCUT2D eigenvalue weighted by atomic mass is 79.9. The van der Waals surface area contributed by atoms with Gasteiger partial charge in [0.05, 0.1) is 12.2 Å². The number of halogens is 2. The van der Waals surface area contributed by atoms with Gasteiger partial charge in [-0.15, -0.1) is 0 Å².